The van der Waals surface area contributed by atoms with Crippen LogP contribution in [-0.2, 0) is 10.0 Å². The highest BCUT2D eigenvalue weighted by atomic mass is 32.2. The fourth-order valence-electron chi connectivity index (χ4n) is 2.90. The highest BCUT2D eigenvalue weighted by Gasteiger charge is 2.18. The molecule has 0 N–H and O–H groups in total. The third-order valence-electron chi connectivity index (χ3n) is 4.47. The first-order chi connectivity index (χ1) is 15.6. The second kappa shape index (κ2) is 10.2. The van der Waals surface area contributed by atoms with Crippen molar-refractivity contribution in [2.75, 3.05) is 0 Å². The molecule has 0 atom stereocenters. The molecule has 0 aromatic heterocycles. The molecule has 0 aliphatic heterocycles. The van der Waals surface area contributed by atoms with Crippen molar-refractivity contribution in [3.63, 3.8) is 0 Å². The van der Waals surface area contributed by atoms with Crippen LogP contribution in [0.2, 0.25) is 0 Å². The summed E-state index contributed by atoms with van der Waals surface area (Å²) in [6, 6.07) is 36.8. The fourth-order valence-corrected chi connectivity index (χ4v) is 5.12. The molecule has 158 valence electrons. The SMILES string of the molecule is O=S(=O)(/N=C(\SC(=Nc1ccccc1)c1ccccc1)c1ccccc1)c1ccccc1. The predicted molar refractivity (Wildman–Crippen MR) is 133 cm³/mol. The molecular formula is C26H20N2O2S2. The number of aliphatic imine (C=N–C) groups is 1. The van der Waals surface area contributed by atoms with Gasteiger partial charge in [-0.1, -0.05) is 97.1 Å². The lowest BCUT2D eigenvalue weighted by atomic mass is 10.2. The maximum atomic E-state index is 13.1. The quantitative estimate of drug-likeness (QED) is 0.260. The topological polar surface area (TPSA) is 58.9 Å². The Morgan fingerprint density at radius 1 is 0.562 bits per heavy atom. The van der Waals surface area contributed by atoms with Crippen molar-refractivity contribution in [1.82, 2.24) is 0 Å². The average molecular weight is 457 g/mol. The summed E-state index contributed by atoms with van der Waals surface area (Å²) in [5.41, 5.74) is 2.35. The van der Waals surface area contributed by atoms with E-state index >= 15 is 0 Å². The smallest absolute Gasteiger partial charge is 0.241 e. The second-order valence-corrected chi connectivity index (χ2v) is 9.35. The van der Waals surface area contributed by atoms with E-state index in [1.54, 1.807) is 30.3 Å². The monoisotopic (exact) mass is 456 g/mol. The number of hydrogen-bond acceptors (Lipinski definition) is 4. The molecular weight excluding hydrogens is 436 g/mol. The number of benzene rings is 4. The van der Waals surface area contributed by atoms with Crippen molar-refractivity contribution in [2.45, 2.75) is 4.90 Å². The van der Waals surface area contributed by atoms with Gasteiger partial charge in [0.2, 0.25) is 0 Å². The lowest BCUT2D eigenvalue weighted by Crippen LogP contribution is -2.07. The zero-order valence-corrected chi connectivity index (χ0v) is 18.7. The van der Waals surface area contributed by atoms with Crippen molar-refractivity contribution in [1.29, 1.82) is 0 Å². The third-order valence-corrected chi connectivity index (χ3v) is 6.91. The van der Waals surface area contributed by atoms with E-state index in [1.807, 2.05) is 91.0 Å². The van der Waals surface area contributed by atoms with E-state index in [-0.39, 0.29) is 4.90 Å². The number of nitrogens with zero attached hydrogens (tertiary/aromatic N) is 2. The summed E-state index contributed by atoms with van der Waals surface area (Å²) in [6.45, 7) is 0. The van der Waals surface area contributed by atoms with Crippen LogP contribution >= 0.6 is 11.8 Å². The molecule has 0 saturated heterocycles. The number of sulfonamides is 1. The van der Waals surface area contributed by atoms with Crippen LogP contribution in [0.1, 0.15) is 11.1 Å². The highest BCUT2D eigenvalue weighted by molar-refractivity contribution is 8.27. The molecule has 4 rings (SSSR count). The lowest BCUT2D eigenvalue weighted by molar-refractivity contribution is 0.598. The van der Waals surface area contributed by atoms with E-state index in [0.29, 0.717) is 15.7 Å². The van der Waals surface area contributed by atoms with E-state index in [2.05, 4.69) is 4.40 Å². The zero-order chi connectivity index (χ0) is 22.2. The number of rotatable bonds is 5. The first-order valence-electron chi connectivity index (χ1n) is 9.94. The van der Waals surface area contributed by atoms with Crippen molar-refractivity contribution in [3.05, 3.63) is 132 Å². The molecule has 0 fully saturated rings. The first-order valence-corrected chi connectivity index (χ1v) is 12.2. The summed E-state index contributed by atoms with van der Waals surface area (Å²) >= 11 is 1.23. The van der Waals surface area contributed by atoms with Gasteiger partial charge in [-0.2, -0.15) is 12.8 Å². The molecule has 0 aliphatic carbocycles. The van der Waals surface area contributed by atoms with Crippen LogP contribution in [0.15, 0.2) is 136 Å². The van der Waals surface area contributed by atoms with E-state index in [9.17, 15) is 8.42 Å². The Balaban J connectivity index is 1.82. The van der Waals surface area contributed by atoms with Crippen LogP contribution in [0.25, 0.3) is 0 Å². The van der Waals surface area contributed by atoms with Gasteiger partial charge in [0.15, 0.2) is 0 Å². The van der Waals surface area contributed by atoms with Gasteiger partial charge in [-0.25, -0.2) is 4.99 Å². The van der Waals surface area contributed by atoms with Crippen LogP contribution in [0, 0.1) is 0 Å². The minimum absolute atomic E-state index is 0.148. The Morgan fingerprint density at radius 3 is 1.53 bits per heavy atom. The molecule has 4 aromatic carbocycles. The van der Waals surface area contributed by atoms with Gasteiger partial charge in [-0.15, -0.1) is 0 Å². The van der Waals surface area contributed by atoms with Crippen LogP contribution in [0.5, 0.6) is 0 Å². The third kappa shape index (κ3) is 5.60. The van der Waals surface area contributed by atoms with E-state index in [1.165, 1.54) is 11.8 Å². The summed E-state index contributed by atoms with van der Waals surface area (Å²) in [7, 11) is -3.90. The summed E-state index contributed by atoms with van der Waals surface area (Å²) in [5.74, 6) is 0. The standard InChI is InChI=1S/C26H20N2O2S2/c29-32(30,24-19-11-4-12-20-24)28-26(22-15-7-2-8-16-22)31-25(21-13-5-1-6-14-21)27-23-17-9-3-10-18-23/h1-20H/b27-25?,28-26-. The molecule has 0 amide bonds. The van der Waals surface area contributed by atoms with Gasteiger partial charge >= 0.3 is 0 Å². The Morgan fingerprint density at radius 2 is 1.00 bits per heavy atom. The van der Waals surface area contributed by atoms with Gasteiger partial charge in [0, 0.05) is 11.1 Å². The molecule has 0 radical (unpaired) electrons. The van der Waals surface area contributed by atoms with Crippen LogP contribution < -0.4 is 0 Å². The van der Waals surface area contributed by atoms with Gasteiger partial charge in [-0.05, 0) is 36.0 Å². The molecule has 0 bridgehead atoms. The molecule has 4 aromatic rings. The van der Waals surface area contributed by atoms with E-state index < -0.39 is 10.0 Å². The van der Waals surface area contributed by atoms with Crippen LogP contribution in [0.3, 0.4) is 0 Å². The first kappa shape index (κ1) is 21.7. The molecule has 0 saturated carbocycles. The molecule has 0 spiro atoms. The average Bonchev–Trinajstić information content (AvgIpc) is 2.85. The Bertz CT molecular complexity index is 1320. The van der Waals surface area contributed by atoms with Gasteiger partial charge in [0.05, 0.1) is 10.6 Å². The van der Waals surface area contributed by atoms with E-state index in [0.717, 1.165) is 11.3 Å². The minimum Gasteiger partial charge on any atom is -0.241 e. The van der Waals surface area contributed by atoms with Crippen molar-refractivity contribution in [3.8, 4) is 0 Å². The van der Waals surface area contributed by atoms with Gasteiger partial charge in [0.1, 0.15) is 10.1 Å². The van der Waals surface area contributed by atoms with Gasteiger partial charge < -0.3 is 0 Å². The maximum Gasteiger partial charge on any atom is 0.283 e. The normalized spacial score (nSPS) is 12.5. The number of thioether (sulfide) groups is 1. The van der Waals surface area contributed by atoms with Crippen LogP contribution in [0.4, 0.5) is 5.69 Å². The van der Waals surface area contributed by atoms with Crippen LogP contribution in [-0.4, -0.2) is 18.5 Å². The van der Waals surface area contributed by atoms with Crippen molar-refractivity contribution < 1.29 is 8.42 Å². The summed E-state index contributed by atoms with van der Waals surface area (Å²) < 4.78 is 30.3. The summed E-state index contributed by atoms with van der Waals surface area (Å²) in [6.07, 6.45) is 0. The second-order valence-electron chi connectivity index (χ2n) is 6.77. The fraction of sp³-hybridized carbons (Fsp3) is 0. The summed E-state index contributed by atoms with van der Waals surface area (Å²) in [4.78, 5) is 4.95. The molecule has 32 heavy (non-hydrogen) atoms. The predicted octanol–water partition coefficient (Wildman–Crippen LogP) is 6.33. The Labute approximate surface area is 192 Å². The van der Waals surface area contributed by atoms with Crippen molar-refractivity contribution in [2.24, 2.45) is 9.39 Å². The molecule has 6 heteroatoms. The largest absolute Gasteiger partial charge is 0.283 e. The van der Waals surface area contributed by atoms with Gasteiger partial charge in [-0.3, -0.25) is 0 Å². The van der Waals surface area contributed by atoms with Crippen molar-refractivity contribution >= 4 is 37.6 Å². The Hall–Kier alpha value is -3.48. The maximum absolute atomic E-state index is 13.1. The highest BCUT2D eigenvalue weighted by Crippen LogP contribution is 2.26. The van der Waals surface area contributed by atoms with E-state index in [4.69, 9.17) is 4.99 Å². The molecule has 4 nitrogen and oxygen atoms in total. The summed E-state index contributed by atoms with van der Waals surface area (Å²) in [5, 5.41) is 1.01. The molecule has 0 aliphatic rings. The zero-order valence-electron chi connectivity index (χ0n) is 17.1. The van der Waals surface area contributed by atoms with Gasteiger partial charge in [0.25, 0.3) is 10.0 Å². The number of para-hydroxylation sites is 1. The Kier molecular flexibility index (Phi) is 6.94. The lowest BCUT2D eigenvalue weighted by Gasteiger charge is -2.10. The molecule has 0 heterocycles. The number of hydrogen-bond donors (Lipinski definition) is 0. The molecule has 0 unspecified atom stereocenters. The minimum atomic E-state index is -3.90.